The Kier molecular flexibility index (Phi) is 4.92. The molecule has 0 spiro atoms. The van der Waals surface area contributed by atoms with Gasteiger partial charge in [-0.3, -0.25) is 4.79 Å². The smallest absolute Gasteiger partial charge is 0.260 e. The SMILES string of the molecule is Cc1sc2nc(C[NH+]3CCC(Cc4ccccc4)CC3)[nH]c(=O)c2c1C. The molecular formula is C21H26N3OS+. The molecule has 4 nitrogen and oxygen atoms in total. The second kappa shape index (κ2) is 7.33. The molecule has 1 aliphatic heterocycles. The van der Waals surface area contributed by atoms with E-state index in [0.29, 0.717) is 0 Å². The third kappa shape index (κ3) is 3.60. The van der Waals surface area contributed by atoms with Gasteiger partial charge < -0.3 is 9.88 Å². The number of aromatic nitrogens is 2. The van der Waals surface area contributed by atoms with Crippen LogP contribution in [-0.2, 0) is 13.0 Å². The number of aromatic amines is 1. The molecule has 0 radical (unpaired) electrons. The molecule has 4 rings (SSSR count). The van der Waals surface area contributed by atoms with Crippen molar-refractivity contribution >= 4 is 21.6 Å². The summed E-state index contributed by atoms with van der Waals surface area (Å²) in [7, 11) is 0. The van der Waals surface area contributed by atoms with Gasteiger partial charge in [0.25, 0.3) is 5.56 Å². The van der Waals surface area contributed by atoms with Crippen LogP contribution in [0.5, 0.6) is 0 Å². The van der Waals surface area contributed by atoms with E-state index in [1.807, 2.05) is 6.92 Å². The average molecular weight is 369 g/mol. The molecule has 0 saturated carbocycles. The number of hydrogen-bond acceptors (Lipinski definition) is 3. The number of benzene rings is 1. The predicted molar refractivity (Wildman–Crippen MR) is 107 cm³/mol. The van der Waals surface area contributed by atoms with Gasteiger partial charge in [0.15, 0.2) is 5.82 Å². The summed E-state index contributed by atoms with van der Waals surface area (Å²) in [4.78, 5) is 23.8. The van der Waals surface area contributed by atoms with Crippen molar-refractivity contribution in [3.63, 3.8) is 0 Å². The second-order valence-corrected chi connectivity index (χ2v) is 8.74. The molecule has 0 aliphatic carbocycles. The monoisotopic (exact) mass is 368 g/mol. The number of nitrogens with one attached hydrogen (secondary N) is 2. The number of rotatable bonds is 4. The lowest BCUT2D eigenvalue weighted by Gasteiger charge is -2.29. The first-order valence-electron chi connectivity index (χ1n) is 9.46. The van der Waals surface area contributed by atoms with Crippen LogP contribution in [0, 0.1) is 19.8 Å². The Bertz CT molecular complexity index is 953. The fourth-order valence-corrected chi connectivity index (χ4v) is 5.08. The lowest BCUT2D eigenvalue weighted by atomic mass is 9.90. The lowest BCUT2D eigenvalue weighted by molar-refractivity contribution is -0.920. The zero-order valence-electron chi connectivity index (χ0n) is 15.5. The van der Waals surface area contributed by atoms with Crippen LogP contribution in [0.1, 0.15) is 34.7 Å². The van der Waals surface area contributed by atoms with E-state index >= 15 is 0 Å². The van der Waals surface area contributed by atoms with Crippen molar-refractivity contribution in [3.05, 3.63) is 62.5 Å². The average Bonchev–Trinajstić information content (AvgIpc) is 2.92. The highest BCUT2D eigenvalue weighted by atomic mass is 32.1. The van der Waals surface area contributed by atoms with E-state index in [1.165, 1.54) is 34.6 Å². The van der Waals surface area contributed by atoms with Crippen molar-refractivity contribution in [2.45, 2.75) is 39.7 Å². The molecule has 1 aliphatic rings. The number of H-pyrrole nitrogens is 1. The summed E-state index contributed by atoms with van der Waals surface area (Å²) in [5, 5.41) is 0.771. The van der Waals surface area contributed by atoms with Gasteiger partial charge in [-0.2, -0.15) is 0 Å². The molecule has 2 aromatic heterocycles. The lowest BCUT2D eigenvalue weighted by Crippen LogP contribution is -3.11. The Morgan fingerprint density at radius 2 is 1.92 bits per heavy atom. The highest BCUT2D eigenvalue weighted by molar-refractivity contribution is 7.18. The molecular weight excluding hydrogens is 342 g/mol. The normalized spacial score (nSPS) is 20.5. The summed E-state index contributed by atoms with van der Waals surface area (Å²) in [6.07, 6.45) is 3.67. The fourth-order valence-electron chi connectivity index (χ4n) is 4.03. The van der Waals surface area contributed by atoms with Gasteiger partial charge in [0.05, 0.1) is 18.5 Å². The first kappa shape index (κ1) is 17.4. The van der Waals surface area contributed by atoms with E-state index < -0.39 is 0 Å². The maximum Gasteiger partial charge on any atom is 0.260 e. The zero-order chi connectivity index (χ0) is 18.1. The topological polar surface area (TPSA) is 50.2 Å². The van der Waals surface area contributed by atoms with Gasteiger partial charge in [-0.25, -0.2) is 4.98 Å². The molecule has 1 saturated heterocycles. The molecule has 2 N–H and O–H groups in total. The maximum absolute atomic E-state index is 12.4. The van der Waals surface area contributed by atoms with Gasteiger partial charge in [0.1, 0.15) is 11.4 Å². The van der Waals surface area contributed by atoms with Gasteiger partial charge in [-0.15, -0.1) is 11.3 Å². The number of thiophene rings is 1. The minimum atomic E-state index is 0.0187. The van der Waals surface area contributed by atoms with E-state index in [9.17, 15) is 4.79 Å². The van der Waals surface area contributed by atoms with E-state index in [2.05, 4.69) is 42.2 Å². The second-order valence-electron chi connectivity index (χ2n) is 7.54. The fraction of sp³-hybridized carbons (Fsp3) is 0.429. The van der Waals surface area contributed by atoms with Crippen LogP contribution < -0.4 is 10.5 Å². The minimum Gasteiger partial charge on any atom is -0.329 e. The maximum atomic E-state index is 12.4. The van der Waals surface area contributed by atoms with Crippen LogP contribution >= 0.6 is 11.3 Å². The van der Waals surface area contributed by atoms with Crippen molar-refractivity contribution in [3.8, 4) is 0 Å². The molecule has 3 heterocycles. The van der Waals surface area contributed by atoms with E-state index in [-0.39, 0.29) is 5.56 Å². The highest BCUT2D eigenvalue weighted by Crippen LogP contribution is 2.25. The van der Waals surface area contributed by atoms with Crippen molar-refractivity contribution < 1.29 is 4.90 Å². The summed E-state index contributed by atoms with van der Waals surface area (Å²) in [5.74, 6) is 1.61. The number of aryl methyl sites for hydroxylation is 2. The van der Waals surface area contributed by atoms with Gasteiger partial charge >= 0.3 is 0 Å². The summed E-state index contributed by atoms with van der Waals surface area (Å²) < 4.78 is 0. The van der Waals surface area contributed by atoms with Crippen LogP contribution in [0.2, 0.25) is 0 Å². The van der Waals surface area contributed by atoms with Crippen LogP contribution in [0.3, 0.4) is 0 Å². The van der Waals surface area contributed by atoms with Crippen molar-refractivity contribution in [2.75, 3.05) is 13.1 Å². The third-order valence-electron chi connectivity index (χ3n) is 5.69. The number of quaternary nitrogens is 1. The number of hydrogen-bond donors (Lipinski definition) is 2. The van der Waals surface area contributed by atoms with Crippen LogP contribution in [0.25, 0.3) is 10.2 Å². The highest BCUT2D eigenvalue weighted by Gasteiger charge is 2.23. The van der Waals surface area contributed by atoms with Gasteiger partial charge in [0, 0.05) is 4.88 Å². The van der Waals surface area contributed by atoms with Crippen LogP contribution in [0.15, 0.2) is 35.1 Å². The number of fused-ring (bicyclic) bond motifs is 1. The molecule has 136 valence electrons. The largest absolute Gasteiger partial charge is 0.329 e. The van der Waals surface area contributed by atoms with Crippen molar-refractivity contribution in [1.29, 1.82) is 0 Å². The Labute approximate surface area is 157 Å². The van der Waals surface area contributed by atoms with Gasteiger partial charge in [-0.1, -0.05) is 30.3 Å². The molecule has 0 amide bonds. The molecule has 0 atom stereocenters. The molecule has 26 heavy (non-hydrogen) atoms. The number of likely N-dealkylation sites (tertiary alicyclic amines) is 1. The summed E-state index contributed by atoms with van der Waals surface area (Å²) in [6.45, 7) is 7.19. The minimum absolute atomic E-state index is 0.0187. The summed E-state index contributed by atoms with van der Waals surface area (Å²) >= 11 is 1.63. The van der Waals surface area contributed by atoms with Gasteiger partial charge in [0.2, 0.25) is 0 Å². The van der Waals surface area contributed by atoms with Gasteiger partial charge in [-0.05, 0) is 50.2 Å². The van der Waals surface area contributed by atoms with Crippen LogP contribution in [0.4, 0.5) is 0 Å². The van der Waals surface area contributed by atoms with Crippen molar-refractivity contribution in [1.82, 2.24) is 9.97 Å². The number of piperidine rings is 1. The third-order valence-corrected chi connectivity index (χ3v) is 6.79. The number of nitrogens with zero attached hydrogens (tertiary/aromatic N) is 1. The Morgan fingerprint density at radius 1 is 1.19 bits per heavy atom. The van der Waals surface area contributed by atoms with Crippen molar-refractivity contribution in [2.24, 2.45) is 5.92 Å². The zero-order valence-corrected chi connectivity index (χ0v) is 16.3. The molecule has 5 heteroatoms. The van der Waals surface area contributed by atoms with E-state index in [0.717, 1.165) is 47.2 Å². The molecule has 0 bridgehead atoms. The quantitative estimate of drug-likeness (QED) is 0.744. The molecule has 0 unspecified atom stereocenters. The predicted octanol–water partition coefficient (Wildman–Crippen LogP) is 2.64. The van der Waals surface area contributed by atoms with E-state index in [1.54, 1.807) is 11.3 Å². The van der Waals surface area contributed by atoms with E-state index in [4.69, 9.17) is 4.98 Å². The first-order chi connectivity index (χ1) is 12.6. The molecule has 3 aromatic rings. The first-order valence-corrected chi connectivity index (χ1v) is 10.3. The molecule has 1 fully saturated rings. The Balaban J connectivity index is 1.40. The molecule has 1 aromatic carbocycles. The summed E-state index contributed by atoms with van der Waals surface area (Å²) in [5.41, 5.74) is 2.53. The Morgan fingerprint density at radius 3 is 2.65 bits per heavy atom. The summed E-state index contributed by atoms with van der Waals surface area (Å²) in [6, 6.07) is 10.8. The van der Waals surface area contributed by atoms with Crippen LogP contribution in [-0.4, -0.2) is 23.1 Å². The standard InChI is InChI=1S/C21H25N3OS/c1-14-15(2)26-21-19(14)20(25)22-18(23-21)13-24-10-8-17(9-11-24)12-16-6-4-3-5-7-16/h3-7,17H,8-13H2,1-2H3,(H,22,23,25)/p+1. The Hall–Kier alpha value is -1.98.